The van der Waals surface area contributed by atoms with Gasteiger partial charge in [0.05, 0.1) is 6.54 Å². The quantitative estimate of drug-likeness (QED) is 0.850. The fourth-order valence-corrected chi connectivity index (χ4v) is 1.93. The first kappa shape index (κ1) is 11.4. The number of amides is 1. The van der Waals surface area contributed by atoms with Crippen LogP contribution in [0.4, 0.5) is 0 Å². The van der Waals surface area contributed by atoms with Crippen molar-refractivity contribution in [2.75, 3.05) is 19.6 Å². The highest BCUT2D eigenvalue weighted by molar-refractivity contribution is 6.30. The molecule has 1 aliphatic rings. The largest absolute Gasteiger partial charge is 0.337 e. The van der Waals surface area contributed by atoms with E-state index < -0.39 is 0 Å². The summed E-state index contributed by atoms with van der Waals surface area (Å²) in [6, 6.07) is 7.65. The van der Waals surface area contributed by atoms with Crippen LogP contribution in [0.5, 0.6) is 0 Å². The van der Waals surface area contributed by atoms with Crippen LogP contribution in [0.1, 0.15) is 12.0 Å². The van der Waals surface area contributed by atoms with E-state index in [2.05, 4.69) is 5.32 Å². The van der Waals surface area contributed by atoms with Crippen LogP contribution in [-0.4, -0.2) is 30.4 Å². The molecule has 0 spiro atoms. The Bertz CT molecular complexity index is 364. The fourth-order valence-electron chi connectivity index (χ4n) is 1.80. The summed E-state index contributed by atoms with van der Waals surface area (Å²) >= 11 is 5.82. The molecule has 2 rings (SSSR count). The second kappa shape index (κ2) is 5.32. The van der Waals surface area contributed by atoms with Crippen molar-refractivity contribution in [2.45, 2.75) is 13.0 Å². The predicted molar refractivity (Wildman–Crippen MR) is 64.4 cm³/mol. The molecule has 0 aromatic heterocycles. The first-order chi connectivity index (χ1) is 7.75. The molecule has 0 aliphatic carbocycles. The predicted octanol–water partition coefficient (Wildman–Crippen LogP) is 1.66. The zero-order valence-electron chi connectivity index (χ0n) is 9.08. The average molecular weight is 239 g/mol. The van der Waals surface area contributed by atoms with Gasteiger partial charge in [0, 0.05) is 18.1 Å². The summed E-state index contributed by atoms with van der Waals surface area (Å²) in [6.45, 7) is 2.88. The summed E-state index contributed by atoms with van der Waals surface area (Å²) in [5.41, 5.74) is 1.12. The molecule has 1 amide bonds. The second-order valence-electron chi connectivity index (χ2n) is 3.97. The number of carbonyl (C=O) groups is 1. The normalized spacial score (nSPS) is 17.3. The third-order valence-electron chi connectivity index (χ3n) is 2.70. The van der Waals surface area contributed by atoms with Crippen molar-refractivity contribution in [1.82, 2.24) is 10.2 Å². The molecule has 1 saturated heterocycles. The Labute approximate surface area is 100 Å². The lowest BCUT2D eigenvalue weighted by molar-refractivity contribution is -0.130. The van der Waals surface area contributed by atoms with Gasteiger partial charge in [0.2, 0.25) is 5.91 Å². The zero-order chi connectivity index (χ0) is 11.4. The van der Waals surface area contributed by atoms with Gasteiger partial charge in [-0.15, -0.1) is 0 Å². The molecule has 1 fully saturated rings. The van der Waals surface area contributed by atoms with Crippen LogP contribution in [0, 0.1) is 0 Å². The van der Waals surface area contributed by atoms with Crippen LogP contribution in [0.15, 0.2) is 24.3 Å². The van der Waals surface area contributed by atoms with Crippen LogP contribution in [0.3, 0.4) is 0 Å². The van der Waals surface area contributed by atoms with Crippen molar-refractivity contribution in [1.29, 1.82) is 0 Å². The third kappa shape index (κ3) is 2.97. The van der Waals surface area contributed by atoms with Gasteiger partial charge in [-0.1, -0.05) is 23.7 Å². The maximum atomic E-state index is 11.7. The summed E-state index contributed by atoms with van der Waals surface area (Å²) in [5.74, 6) is 0.174. The van der Waals surface area contributed by atoms with Gasteiger partial charge in [0.1, 0.15) is 0 Å². The monoisotopic (exact) mass is 238 g/mol. The molecule has 1 heterocycles. The molecule has 0 radical (unpaired) electrons. The van der Waals surface area contributed by atoms with Crippen molar-refractivity contribution in [3.63, 3.8) is 0 Å². The second-order valence-corrected chi connectivity index (χ2v) is 4.41. The van der Waals surface area contributed by atoms with E-state index in [1.807, 2.05) is 29.2 Å². The van der Waals surface area contributed by atoms with Crippen LogP contribution < -0.4 is 5.32 Å². The third-order valence-corrected chi connectivity index (χ3v) is 2.95. The fraction of sp³-hybridized carbons (Fsp3) is 0.417. The van der Waals surface area contributed by atoms with Crippen molar-refractivity contribution in [3.05, 3.63) is 34.9 Å². The Morgan fingerprint density at radius 3 is 2.81 bits per heavy atom. The lowest BCUT2D eigenvalue weighted by Crippen LogP contribution is -2.34. The molecule has 0 bridgehead atoms. The van der Waals surface area contributed by atoms with Gasteiger partial charge < -0.3 is 10.2 Å². The minimum atomic E-state index is 0.174. The van der Waals surface area contributed by atoms with Crippen molar-refractivity contribution in [2.24, 2.45) is 0 Å². The molecule has 86 valence electrons. The van der Waals surface area contributed by atoms with E-state index in [1.54, 1.807) is 0 Å². The topological polar surface area (TPSA) is 32.3 Å². The van der Waals surface area contributed by atoms with E-state index in [0.29, 0.717) is 13.1 Å². The van der Waals surface area contributed by atoms with Crippen LogP contribution in [0.25, 0.3) is 0 Å². The summed E-state index contributed by atoms with van der Waals surface area (Å²) in [5, 5.41) is 3.84. The van der Waals surface area contributed by atoms with E-state index >= 15 is 0 Å². The Balaban J connectivity index is 2.02. The molecule has 0 unspecified atom stereocenters. The van der Waals surface area contributed by atoms with Gasteiger partial charge in [-0.05, 0) is 30.7 Å². The van der Waals surface area contributed by atoms with Crippen LogP contribution in [-0.2, 0) is 11.3 Å². The highest BCUT2D eigenvalue weighted by Crippen LogP contribution is 2.12. The molecule has 0 saturated carbocycles. The number of hydrogen-bond acceptors (Lipinski definition) is 2. The molecule has 1 N–H and O–H groups in total. The smallest absolute Gasteiger partial charge is 0.236 e. The Hall–Kier alpha value is -1.06. The number of carbonyl (C=O) groups excluding carboxylic acids is 1. The molecule has 1 aliphatic heterocycles. The Kier molecular flexibility index (Phi) is 3.80. The number of benzene rings is 1. The van der Waals surface area contributed by atoms with Crippen molar-refractivity contribution < 1.29 is 4.79 Å². The zero-order valence-corrected chi connectivity index (χ0v) is 9.83. The molecular weight excluding hydrogens is 224 g/mol. The number of halogens is 1. The van der Waals surface area contributed by atoms with Gasteiger partial charge in [-0.3, -0.25) is 4.79 Å². The van der Waals surface area contributed by atoms with E-state index in [4.69, 9.17) is 11.6 Å². The maximum Gasteiger partial charge on any atom is 0.236 e. The number of nitrogens with one attached hydrogen (secondary N) is 1. The highest BCUT2D eigenvalue weighted by atomic mass is 35.5. The van der Waals surface area contributed by atoms with Crippen LogP contribution >= 0.6 is 11.6 Å². The summed E-state index contributed by atoms with van der Waals surface area (Å²) in [7, 11) is 0. The lowest BCUT2D eigenvalue weighted by Gasteiger charge is -2.20. The first-order valence-corrected chi connectivity index (χ1v) is 5.86. The van der Waals surface area contributed by atoms with E-state index in [-0.39, 0.29) is 5.91 Å². The van der Waals surface area contributed by atoms with Gasteiger partial charge in [0.15, 0.2) is 0 Å². The van der Waals surface area contributed by atoms with Crippen molar-refractivity contribution in [3.8, 4) is 0 Å². The summed E-state index contributed by atoms with van der Waals surface area (Å²) in [4.78, 5) is 13.6. The lowest BCUT2D eigenvalue weighted by atomic mass is 10.2. The first-order valence-electron chi connectivity index (χ1n) is 5.48. The number of nitrogens with zero attached hydrogens (tertiary/aromatic N) is 1. The molecule has 4 heteroatoms. The maximum absolute atomic E-state index is 11.7. The van der Waals surface area contributed by atoms with Gasteiger partial charge in [-0.25, -0.2) is 0 Å². The molecule has 0 atom stereocenters. The van der Waals surface area contributed by atoms with Crippen LogP contribution in [0.2, 0.25) is 5.02 Å². The molecular formula is C12H15ClN2O. The molecule has 1 aromatic rings. The average Bonchev–Trinajstić information content (AvgIpc) is 2.48. The van der Waals surface area contributed by atoms with Gasteiger partial charge in [0.25, 0.3) is 0 Å². The number of hydrogen-bond donors (Lipinski definition) is 1. The molecule has 3 nitrogen and oxygen atoms in total. The minimum Gasteiger partial charge on any atom is -0.337 e. The highest BCUT2D eigenvalue weighted by Gasteiger charge is 2.15. The summed E-state index contributed by atoms with van der Waals surface area (Å²) in [6.07, 6.45) is 1.01. The minimum absolute atomic E-state index is 0.174. The van der Waals surface area contributed by atoms with Crippen molar-refractivity contribution >= 4 is 17.5 Å². The molecule has 1 aromatic carbocycles. The molecule has 16 heavy (non-hydrogen) atoms. The SMILES string of the molecule is O=C1CNCCCN1Cc1ccc(Cl)cc1. The number of rotatable bonds is 2. The Morgan fingerprint density at radius 1 is 1.31 bits per heavy atom. The van der Waals surface area contributed by atoms with Gasteiger partial charge in [-0.2, -0.15) is 0 Å². The van der Waals surface area contributed by atoms with E-state index in [1.165, 1.54) is 0 Å². The van der Waals surface area contributed by atoms with E-state index in [9.17, 15) is 4.79 Å². The Morgan fingerprint density at radius 2 is 2.06 bits per heavy atom. The van der Waals surface area contributed by atoms with E-state index in [0.717, 1.165) is 30.1 Å². The van der Waals surface area contributed by atoms with Gasteiger partial charge >= 0.3 is 0 Å². The standard InChI is InChI=1S/C12H15ClN2O/c13-11-4-2-10(3-5-11)9-15-7-1-6-14-8-12(15)16/h2-5,14H,1,6-9H2. The summed E-state index contributed by atoms with van der Waals surface area (Å²) < 4.78 is 0.